The van der Waals surface area contributed by atoms with Gasteiger partial charge in [0.2, 0.25) is 0 Å². The van der Waals surface area contributed by atoms with Crippen molar-refractivity contribution in [3.63, 3.8) is 0 Å². The van der Waals surface area contributed by atoms with E-state index >= 15 is 0 Å². The number of aliphatic hydroxyl groups is 1. The quantitative estimate of drug-likeness (QED) is 0.909. The Bertz CT molecular complexity index is 886. The van der Waals surface area contributed by atoms with E-state index in [1.165, 1.54) is 0 Å². The van der Waals surface area contributed by atoms with Crippen LogP contribution in [0.4, 0.5) is 0 Å². The summed E-state index contributed by atoms with van der Waals surface area (Å²) in [5.41, 5.74) is -0.333. The highest BCUT2D eigenvalue weighted by atomic mass is 16.5. The second-order valence-corrected chi connectivity index (χ2v) is 6.94. The lowest BCUT2D eigenvalue weighted by atomic mass is 9.76. The lowest BCUT2D eigenvalue weighted by Gasteiger charge is -2.43. The third kappa shape index (κ3) is 2.74. The minimum atomic E-state index is -0.967. The molecule has 1 aliphatic heterocycles. The number of hydrogen-bond donors (Lipinski definition) is 1. The van der Waals surface area contributed by atoms with Crippen molar-refractivity contribution in [3.05, 3.63) is 40.2 Å². The largest absolute Gasteiger partial charge is 0.493 e. The molecule has 26 heavy (non-hydrogen) atoms. The van der Waals surface area contributed by atoms with Gasteiger partial charge < -0.3 is 23.7 Å². The van der Waals surface area contributed by atoms with Gasteiger partial charge >= 0.3 is 5.63 Å². The van der Waals surface area contributed by atoms with Gasteiger partial charge in [-0.05, 0) is 37.5 Å². The molecule has 2 heterocycles. The van der Waals surface area contributed by atoms with Crippen molar-refractivity contribution in [2.24, 2.45) is 0 Å². The summed E-state index contributed by atoms with van der Waals surface area (Å²) >= 11 is 0. The molecule has 0 unspecified atom stereocenters. The normalized spacial score (nSPS) is 24.2. The fourth-order valence-corrected chi connectivity index (χ4v) is 3.91. The fourth-order valence-electron chi connectivity index (χ4n) is 3.91. The van der Waals surface area contributed by atoms with Gasteiger partial charge in [0.15, 0.2) is 11.5 Å². The monoisotopic (exact) mass is 358 g/mol. The average molecular weight is 358 g/mol. The van der Waals surface area contributed by atoms with Crippen molar-refractivity contribution in [1.82, 2.24) is 0 Å². The molecule has 1 aromatic carbocycles. The highest BCUT2D eigenvalue weighted by molar-refractivity contribution is 5.64. The summed E-state index contributed by atoms with van der Waals surface area (Å²) in [6, 6.07) is 7.04. The van der Waals surface area contributed by atoms with Gasteiger partial charge in [-0.15, -0.1) is 0 Å². The van der Waals surface area contributed by atoms with Gasteiger partial charge in [0, 0.05) is 18.1 Å². The summed E-state index contributed by atoms with van der Waals surface area (Å²) < 4.78 is 22.1. The molecule has 6 heteroatoms. The number of ether oxygens (including phenoxy) is 3. The molecular weight excluding hydrogens is 336 g/mol. The van der Waals surface area contributed by atoms with Crippen molar-refractivity contribution in [1.29, 1.82) is 0 Å². The molecule has 1 aliphatic carbocycles. The smallest absolute Gasteiger partial charge is 0.343 e. The molecule has 1 saturated carbocycles. The summed E-state index contributed by atoms with van der Waals surface area (Å²) in [4.78, 5) is 12.5. The second-order valence-electron chi connectivity index (χ2n) is 6.94. The zero-order chi connectivity index (χ0) is 18.3. The topological polar surface area (TPSA) is 78.1 Å². The molecule has 6 nitrogen and oxygen atoms in total. The molecule has 2 aromatic rings. The lowest BCUT2D eigenvalue weighted by molar-refractivity contribution is -0.0988. The van der Waals surface area contributed by atoms with E-state index in [-0.39, 0.29) is 12.5 Å². The van der Waals surface area contributed by atoms with Crippen LogP contribution in [0.15, 0.2) is 33.5 Å². The first-order chi connectivity index (χ1) is 12.5. The van der Waals surface area contributed by atoms with Crippen molar-refractivity contribution in [2.45, 2.75) is 43.8 Å². The third-order valence-corrected chi connectivity index (χ3v) is 5.35. The highest BCUT2D eigenvalue weighted by Crippen LogP contribution is 2.41. The molecule has 0 bridgehead atoms. The van der Waals surface area contributed by atoms with Crippen molar-refractivity contribution in [3.8, 4) is 28.6 Å². The van der Waals surface area contributed by atoms with Crippen LogP contribution >= 0.6 is 0 Å². The lowest BCUT2D eigenvalue weighted by Crippen LogP contribution is -2.53. The van der Waals surface area contributed by atoms with E-state index < -0.39 is 11.2 Å². The Morgan fingerprint density at radius 2 is 1.96 bits per heavy atom. The van der Waals surface area contributed by atoms with Crippen molar-refractivity contribution < 1.29 is 23.7 Å². The maximum atomic E-state index is 12.5. The first-order valence-electron chi connectivity index (χ1n) is 8.82. The molecule has 1 aromatic heterocycles. The van der Waals surface area contributed by atoms with Gasteiger partial charge in [0.1, 0.15) is 23.2 Å². The van der Waals surface area contributed by atoms with Gasteiger partial charge in [-0.3, -0.25) is 0 Å². The van der Waals surface area contributed by atoms with E-state index in [1.807, 2.05) is 0 Å². The van der Waals surface area contributed by atoms with Crippen LogP contribution in [0.25, 0.3) is 11.3 Å². The van der Waals surface area contributed by atoms with Crippen LogP contribution < -0.4 is 19.8 Å². The Hall–Kier alpha value is -2.47. The number of methoxy groups -OCH3 is 2. The van der Waals surface area contributed by atoms with Crippen molar-refractivity contribution in [2.75, 3.05) is 14.2 Å². The minimum Gasteiger partial charge on any atom is -0.493 e. The molecule has 1 N–H and O–H groups in total. The van der Waals surface area contributed by atoms with E-state index in [1.54, 1.807) is 38.5 Å². The van der Waals surface area contributed by atoms with Gasteiger partial charge in [-0.1, -0.05) is 6.42 Å². The predicted molar refractivity (Wildman–Crippen MR) is 95.1 cm³/mol. The van der Waals surface area contributed by atoms with Gasteiger partial charge in [0.05, 0.1) is 19.8 Å². The number of benzene rings is 1. The van der Waals surface area contributed by atoms with E-state index in [4.69, 9.17) is 18.6 Å². The zero-order valence-electron chi connectivity index (χ0n) is 14.9. The highest BCUT2D eigenvalue weighted by Gasteiger charge is 2.45. The molecule has 2 aliphatic rings. The fraction of sp³-hybridized carbons (Fsp3) is 0.450. The maximum Gasteiger partial charge on any atom is 0.343 e. The molecule has 2 atom stereocenters. The van der Waals surface area contributed by atoms with Crippen LogP contribution in [-0.4, -0.2) is 31.0 Å². The predicted octanol–water partition coefficient (Wildman–Crippen LogP) is 2.93. The molecule has 1 fully saturated rings. The Balaban J connectivity index is 1.75. The molecular formula is C20H22O6. The van der Waals surface area contributed by atoms with E-state index in [9.17, 15) is 9.90 Å². The summed E-state index contributed by atoms with van der Waals surface area (Å²) in [6.45, 7) is 0. The summed E-state index contributed by atoms with van der Waals surface area (Å²) in [5.74, 6) is 2.05. The number of fused-ring (bicyclic) bond motifs is 2. The van der Waals surface area contributed by atoms with Gasteiger partial charge in [0.25, 0.3) is 0 Å². The van der Waals surface area contributed by atoms with Crippen LogP contribution in [0.5, 0.6) is 17.2 Å². The number of rotatable bonds is 3. The Labute approximate surface area is 151 Å². The Kier molecular flexibility index (Phi) is 4.15. The number of hydrogen-bond acceptors (Lipinski definition) is 6. The van der Waals surface area contributed by atoms with E-state index in [0.717, 1.165) is 19.3 Å². The minimum absolute atomic E-state index is 0.274. The average Bonchev–Trinajstić information content (AvgIpc) is 2.66. The molecule has 0 radical (unpaired) electrons. The molecule has 0 amide bonds. The second kappa shape index (κ2) is 6.36. The Morgan fingerprint density at radius 3 is 2.73 bits per heavy atom. The third-order valence-electron chi connectivity index (χ3n) is 5.35. The molecule has 0 saturated heterocycles. The van der Waals surface area contributed by atoms with E-state index in [2.05, 4.69) is 0 Å². The van der Waals surface area contributed by atoms with Crippen LogP contribution in [0.1, 0.15) is 31.2 Å². The standard InChI is InChI=1S/C20H22O6/c1-23-14-7-6-12(9-17(14)24-2)15-10-16-13(19(21)26-15)11-20(22)8-4-3-5-18(20)25-16/h6-7,9-10,18,22H,3-5,8,11H2,1-2H3/t18-,20+/m0/s1. The van der Waals surface area contributed by atoms with Crippen LogP contribution in [0, 0.1) is 0 Å². The van der Waals surface area contributed by atoms with Gasteiger partial charge in [-0.2, -0.15) is 0 Å². The van der Waals surface area contributed by atoms with Gasteiger partial charge in [-0.25, -0.2) is 4.79 Å². The summed E-state index contributed by atoms with van der Waals surface area (Å²) in [7, 11) is 3.12. The van der Waals surface area contributed by atoms with Crippen LogP contribution in [0.3, 0.4) is 0 Å². The molecule has 4 rings (SSSR count). The molecule has 138 valence electrons. The van der Waals surface area contributed by atoms with E-state index in [0.29, 0.717) is 40.6 Å². The summed E-state index contributed by atoms with van der Waals surface area (Å²) in [6.07, 6.45) is 3.41. The van der Waals surface area contributed by atoms with Crippen molar-refractivity contribution >= 4 is 0 Å². The maximum absolute atomic E-state index is 12.5. The SMILES string of the molecule is COc1ccc(-c2cc3c(c(=O)o2)C[C@]2(O)CCCC[C@@H]2O3)cc1OC. The Morgan fingerprint density at radius 1 is 1.15 bits per heavy atom. The first kappa shape index (κ1) is 17.0. The molecule has 0 spiro atoms. The first-order valence-corrected chi connectivity index (χ1v) is 8.82. The van der Waals surface area contributed by atoms with Crippen LogP contribution in [0.2, 0.25) is 0 Å². The van der Waals surface area contributed by atoms with Crippen LogP contribution in [-0.2, 0) is 6.42 Å². The summed E-state index contributed by atoms with van der Waals surface area (Å²) in [5, 5.41) is 10.8. The zero-order valence-corrected chi connectivity index (χ0v) is 14.9.